The molecule has 80 valence electrons. The standard InChI is InChI=1S/C10H20FN.ClH/c1-10(2,3)6-9(11)8-4-5-12-7-8;/h8-9,12H,4-7H2,1-3H3;1H. The van der Waals surface area contributed by atoms with E-state index in [9.17, 15) is 4.39 Å². The second kappa shape index (κ2) is 5.16. The van der Waals surface area contributed by atoms with Crippen LogP contribution in [0.15, 0.2) is 0 Å². The predicted molar refractivity (Wildman–Crippen MR) is 57.2 cm³/mol. The Kier molecular flexibility index (Phi) is 5.23. The summed E-state index contributed by atoms with van der Waals surface area (Å²) in [5.74, 6) is 0.268. The lowest BCUT2D eigenvalue weighted by Crippen LogP contribution is -2.24. The SMILES string of the molecule is CC(C)(C)CC(F)C1CCNC1.Cl. The van der Waals surface area contributed by atoms with Crippen molar-refractivity contribution in [2.45, 2.75) is 39.8 Å². The molecule has 2 unspecified atom stereocenters. The minimum absolute atomic E-state index is 0. The van der Waals surface area contributed by atoms with Gasteiger partial charge in [0.25, 0.3) is 0 Å². The van der Waals surface area contributed by atoms with E-state index in [0.29, 0.717) is 6.42 Å². The van der Waals surface area contributed by atoms with Crippen LogP contribution in [0.3, 0.4) is 0 Å². The third-order valence-electron chi connectivity index (χ3n) is 2.42. The van der Waals surface area contributed by atoms with Gasteiger partial charge in [-0.25, -0.2) is 4.39 Å². The summed E-state index contributed by atoms with van der Waals surface area (Å²) >= 11 is 0. The summed E-state index contributed by atoms with van der Waals surface area (Å²) in [4.78, 5) is 0. The highest BCUT2D eigenvalue weighted by Crippen LogP contribution is 2.28. The zero-order valence-electron chi connectivity index (χ0n) is 8.77. The lowest BCUT2D eigenvalue weighted by atomic mass is 9.85. The highest BCUT2D eigenvalue weighted by molar-refractivity contribution is 5.85. The fourth-order valence-corrected chi connectivity index (χ4v) is 1.74. The Balaban J connectivity index is 0.00000144. The molecule has 0 spiro atoms. The van der Waals surface area contributed by atoms with Gasteiger partial charge in [-0.1, -0.05) is 20.8 Å². The van der Waals surface area contributed by atoms with Crippen molar-refractivity contribution in [3.8, 4) is 0 Å². The second-order valence-corrected chi connectivity index (χ2v) is 5.03. The summed E-state index contributed by atoms with van der Waals surface area (Å²) in [7, 11) is 0. The van der Waals surface area contributed by atoms with E-state index in [1.54, 1.807) is 0 Å². The first-order chi connectivity index (χ1) is 5.49. The van der Waals surface area contributed by atoms with Gasteiger partial charge in [-0.15, -0.1) is 12.4 Å². The van der Waals surface area contributed by atoms with E-state index in [0.717, 1.165) is 19.5 Å². The van der Waals surface area contributed by atoms with E-state index in [4.69, 9.17) is 0 Å². The third-order valence-corrected chi connectivity index (χ3v) is 2.42. The van der Waals surface area contributed by atoms with E-state index >= 15 is 0 Å². The summed E-state index contributed by atoms with van der Waals surface area (Å²) < 4.78 is 13.6. The van der Waals surface area contributed by atoms with Crippen LogP contribution in [0, 0.1) is 11.3 Å². The zero-order chi connectivity index (χ0) is 9.19. The molecular weight excluding hydrogens is 189 g/mol. The number of alkyl halides is 1. The van der Waals surface area contributed by atoms with Gasteiger partial charge < -0.3 is 5.32 Å². The molecule has 1 aliphatic rings. The van der Waals surface area contributed by atoms with Gasteiger partial charge in [-0.05, 0) is 24.8 Å². The molecule has 2 atom stereocenters. The average molecular weight is 210 g/mol. The van der Waals surface area contributed by atoms with Crippen LogP contribution in [0.25, 0.3) is 0 Å². The largest absolute Gasteiger partial charge is 0.316 e. The molecule has 1 nitrogen and oxygen atoms in total. The van der Waals surface area contributed by atoms with Gasteiger partial charge in [0.05, 0.1) is 0 Å². The van der Waals surface area contributed by atoms with Crippen LogP contribution in [-0.2, 0) is 0 Å². The lowest BCUT2D eigenvalue weighted by Gasteiger charge is -2.24. The summed E-state index contributed by atoms with van der Waals surface area (Å²) in [5.41, 5.74) is 0.127. The van der Waals surface area contributed by atoms with Gasteiger partial charge in [0.15, 0.2) is 0 Å². The summed E-state index contributed by atoms with van der Waals surface area (Å²) in [6, 6.07) is 0. The number of hydrogen-bond donors (Lipinski definition) is 1. The molecule has 0 radical (unpaired) electrons. The maximum atomic E-state index is 13.6. The maximum absolute atomic E-state index is 13.6. The van der Waals surface area contributed by atoms with Crippen molar-refractivity contribution in [3.63, 3.8) is 0 Å². The first-order valence-corrected chi connectivity index (χ1v) is 4.84. The Morgan fingerprint density at radius 1 is 1.46 bits per heavy atom. The Labute approximate surface area is 86.9 Å². The van der Waals surface area contributed by atoms with Crippen LogP contribution in [0.5, 0.6) is 0 Å². The molecule has 0 aromatic heterocycles. The van der Waals surface area contributed by atoms with Crippen molar-refractivity contribution in [1.82, 2.24) is 5.32 Å². The molecule has 0 aromatic carbocycles. The molecule has 0 amide bonds. The molecule has 0 saturated carbocycles. The molecule has 1 heterocycles. The molecular formula is C10H21ClFN. The van der Waals surface area contributed by atoms with E-state index in [2.05, 4.69) is 26.1 Å². The monoisotopic (exact) mass is 209 g/mol. The van der Waals surface area contributed by atoms with Gasteiger partial charge in [0, 0.05) is 12.5 Å². The number of rotatable bonds is 2. The fourth-order valence-electron chi connectivity index (χ4n) is 1.74. The Hall–Kier alpha value is 0.180. The van der Waals surface area contributed by atoms with Gasteiger partial charge in [-0.3, -0.25) is 0 Å². The Bertz CT molecular complexity index is 138. The van der Waals surface area contributed by atoms with Crippen LogP contribution in [0.4, 0.5) is 4.39 Å². The fraction of sp³-hybridized carbons (Fsp3) is 1.00. The summed E-state index contributed by atoms with van der Waals surface area (Å²) in [6.07, 6.45) is 1.09. The zero-order valence-corrected chi connectivity index (χ0v) is 9.59. The molecule has 0 bridgehead atoms. The van der Waals surface area contributed by atoms with E-state index < -0.39 is 6.17 Å². The Morgan fingerprint density at radius 2 is 2.08 bits per heavy atom. The van der Waals surface area contributed by atoms with Crippen LogP contribution in [-0.4, -0.2) is 19.3 Å². The molecule has 1 aliphatic heterocycles. The van der Waals surface area contributed by atoms with Crippen LogP contribution in [0.1, 0.15) is 33.6 Å². The first-order valence-electron chi connectivity index (χ1n) is 4.84. The normalized spacial score (nSPS) is 25.4. The Morgan fingerprint density at radius 3 is 2.46 bits per heavy atom. The van der Waals surface area contributed by atoms with E-state index in [-0.39, 0.29) is 23.7 Å². The topological polar surface area (TPSA) is 12.0 Å². The van der Waals surface area contributed by atoms with Crippen molar-refractivity contribution in [3.05, 3.63) is 0 Å². The van der Waals surface area contributed by atoms with Crippen molar-refractivity contribution in [2.24, 2.45) is 11.3 Å². The van der Waals surface area contributed by atoms with Crippen molar-refractivity contribution < 1.29 is 4.39 Å². The second-order valence-electron chi connectivity index (χ2n) is 5.03. The minimum Gasteiger partial charge on any atom is -0.316 e. The number of hydrogen-bond acceptors (Lipinski definition) is 1. The van der Waals surface area contributed by atoms with Crippen LogP contribution >= 0.6 is 12.4 Å². The smallest absolute Gasteiger partial charge is 0.105 e. The number of halogens is 2. The third kappa shape index (κ3) is 4.82. The van der Waals surface area contributed by atoms with E-state index in [1.165, 1.54) is 0 Å². The number of nitrogens with one attached hydrogen (secondary N) is 1. The van der Waals surface area contributed by atoms with Gasteiger partial charge >= 0.3 is 0 Å². The van der Waals surface area contributed by atoms with Crippen LogP contribution in [0.2, 0.25) is 0 Å². The molecule has 1 fully saturated rings. The molecule has 0 aromatic rings. The lowest BCUT2D eigenvalue weighted by molar-refractivity contribution is 0.167. The minimum atomic E-state index is -0.611. The summed E-state index contributed by atoms with van der Waals surface area (Å²) in [6.45, 7) is 8.17. The molecule has 3 heteroatoms. The highest BCUT2D eigenvalue weighted by atomic mass is 35.5. The molecule has 1 N–H and O–H groups in total. The van der Waals surface area contributed by atoms with Crippen molar-refractivity contribution >= 4 is 12.4 Å². The van der Waals surface area contributed by atoms with E-state index in [1.807, 2.05) is 0 Å². The summed E-state index contributed by atoms with van der Waals surface area (Å²) in [5, 5.41) is 3.20. The molecule has 1 saturated heterocycles. The molecule has 1 rings (SSSR count). The molecule has 13 heavy (non-hydrogen) atoms. The van der Waals surface area contributed by atoms with Gasteiger partial charge in [0.1, 0.15) is 6.17 Å². The predicted octanol–water partition coefficient (Wildman–Crippen LogP) is 2.79. The van der Waals surface area contributed by atoms with Crippen LogP contribution < -0.4 is 5.32 Å². The molecule has 0 aliphatic carbocycles. The van der Waals surface area contributed by atoms with Crippen molar-refractivity contribution in [2.75, 3.05) is 13.1 Å². The first kappa shape index (κ1) is 13.2. The van der Waals surface area contributed by atoms with Gasteiger partial charge in [0.2, 0.25) is 0 Å². The highest BCUT2D eigenvalue weighted by Gasteiger charge is 2.28. The maximum Gasteiger partial charge on any atom is 0.105 e. The average Bonchev–Trinajstić information content (AvgIpc) is 2.32. The van der Waals surface area contributed by atoms with Crippen molar-refractivity contribution in [1.29, 1.82) is 0 Å². The van der Waals surface area contributed by atoms with Gasteiger partial charge in [-0.2, -0.15) is 0 Å². The quantitative estimate of drug-likeness (QED) is 0.738.